The molecule has 274 valence electrons. The van der Waals surface area contributed by atoms with Gasteiger partial charge in [-0.05, 0) is 86.7 Å². The number of hydrogen-bond donors (Lipinski definition) is 0. The second-order valence-electron chi connectivity index (χ2n) is 13.7. The molecule has 0 spiro atoms. The molecule has 6 rings (SSSR count). The van der Waals surface area contributed by atoms with Crippen LogP contribution >= 0.6 is 0 Å². The van der Waals surface area contributed by atoms with Gasteiger partial charge in [-0.15, -0.1) is 17.4 Å². The van der Waals surface area contributed by atoms with Gasteiger partial charge in [-0.2, -0.15) is 0 Å². The molecular formula is C43H53N5O4. The first kappa shape index (κ1) is 38.5. The molecular weight excluding hydrogens is 651 g/mol. The van der Waals surface area contributed by atoms with E-state index < -0.39 is 0 Å². The van der Waals surface area contributed by atoms with Gasteiger partial charge in [0.15, 0.2) is 0 Å². The number of terminal acetylenes is 1. The van der Waals surface area contributed by atoms with Crippen LogP contribution in [0.3, 0.4) is 0 Å². The lowest BCUT2D eigenvalue weighted by atomic mass is 9.83. The predicted molar refractivity (Wildman–Crippen MR) is 205 cm³/mol. The molecule has 2 saturated heterocycles. The highest BCUT2D eigenvalue weighted by atomic mass is 16.5. The Morgan fingerprint density at radius 3 is 2.35 bits per heavy atom. The third-order valence-corrected chi connectivity index (χ3v) is 10.3. The summed E-state index contributed by atoms with van der Waals surface area (Å²) in [5.41, 5.74) is 5.88. The van der Waals surface area contributed by atoms with Crippen LogP contribution in [0.1, 0.15) is 79.8 Å². The highest BCUT2D eigenvalue weighted by Crippen LogP contribution is 2.34. The van der Waals surface area contributed by atoms with Gasteiger partial charge in [0.05, 0.1) is 26.5 Å². The van der Waals surface area contributed by atoms with Crippen LogP contribution in [0.4, 0.5) is 0 Å². The molecule has 2 aromatic carbocycles. The number of carbonyl (C=O) groups is 2. The first-order chi connectivity index (χ1) is 25.4. The van der Waals surface area contributed by atoms with Crippen molar-refractivity contribution in [2.24, 2.45) is 5.92 Å². The average Bonchev–Trinajstić information content (AvgIpc) is 3.97. The van der Waals surface area contributed by atoms with E-state index >= 15 is 0 Å². The minimum Gasteiger partial charge on any atom is -0.466 e. The van der Waals surface area contributed by atoms with Gasteiger partial charge >= 0.3 is 11.9 Å². The van der Waals surface area contributed by atoms with Crippen molar-refractivity contribution < 1.29 is 19.1 Å². The van der Waals surface area contributed by atoms with E-state index in [1.54, 1.807) is 6.08 Å². The molecule has 0 amide bonds. The van der Waals surface area contributed by atoms with Gasteiger partial charge in [0, 0.05) is 56.4 Å². The number of methoxy groups -OCH3 is 2. The van der Waals surface area contributed by atoms with E-state index in [1.807, 2.05) is 29.0 Å². The van der Waals surface area contributed by atoms with Crippen LogP contribution in [-0.2, 0) is 32.0 Å². The minimum atomic E-state index is -0.338. The number of esters is 2. The maximum absolute atomic E-state index is 11.3. The van der Waals surface area contributed by atoms with Crippen molar-refractivity contribution in [3.05, 3.63) is 113 Å². The van der Waals surface area contributed by atoms with Crippen molar-refractivity contribution in [2.45, 2.75) is 76.4 Å². The second-order valence-corrected chi connectivity index (χ2v) is 13.7. The van der Waals surface area contributed by atoms with E-state index in [2.05, 4.69) is 84.2 Å². The van der Waals surface area contributed by atoms with E-state index in [0.717, 1.165) is 63.1 Å². The smallest absolute Gasteiger partial charge is 0.330 e. The third-order valence-electron chi connectivity index (χ3n) is 10.3. The molecule has 3 aromatic rings. The van der Waals surface area contributed by atoms with Crippen LogP contribution in [0, 0.1) is 18.3 Å². The summed E-state index contributed by atoms with van der Waals surface area (Å²) in [6.07, 6.45) is 26.4. The monoisotopic (exact) mass is 703 g/mol. The summed E-state index contributed by atoms with van der Waals surface area (Å²) >= 11 is 0. The summed E-state index contributed by atoms with van der Waals surface area (Å²) < 4.78 is 11.2. The highest BCUT2D eigenvalue weighted by molar-refractivity contribution is 5.86. The molecule has 3 unspecified atom stereocenters. The zero-order valence-corrected chi connectivity index (χ0v) is 30.7. The molecule has 9 nitrogen and oxygen atoms in total. The van der Waals surface area contributed by atoms with Crippen molar-refractivity contribution in [3.63, 3.8) is 0 Å². The fourth-order valence-corrected chi connectivity index (χ4v) is 7.58. The fourth-order valence-electron chi connectivity index (χ4n) is 7.58. The van der Waals surface area contributed by atoms with E-state index in [4.69, 9.17) is 6.42 Å². The molecule has 9 heteroatoms. The van der Waals surface area contributed by atoms with Gasteiger partial charge in [-0.25, -0.2) is 14.3 Å². The van der Waals surface area contributed by atoms with E-state index in [1.165, 1.54) is 81.7 Å². The SMILES string of the molecule is C#CCCN1CCCC1c1ccc(/C=C/C(=O)OC)cc1.COC(=O)/C=C/C1=CCC(C2CCCN2CCc2cn(Cc3ccccc3)nn2)CC1. The first-order valence-electron chi connectivity index (χ1n) is 18.6. The van der Waals surface area contributed by atoms with Gasteiger partial charge in [0.25, 0.3) is 0 Å². The summed E-state index contributed by atoms with van der Waals surface area (Å²) in [7, 11) is 2.79. The Bertz CT molecular complexity index is 1700. The molecule has 3 atom stereocenters. The van der Waals surface area contributed by atoms with E-state index in [0.29, 0.717) is 18.0 Å². The summed E-state index contributed by atoms with van der Waals surface area (Å²) in [5.74, 6) is 2.79. The summed E-state index contributed by atoms with van der Waals surface area (Å²) in [6, 6.07) is 19.8. The number of allylic oxidation sites excluding steroid dienone is 3. The van der Waals surface area contributed by atoms with Gasteiger partial charge in [0.2, 0.25) is 0 Å². The number of hydrogen-bond acceptors (Lipinski definition) is 8. The van der Waals surface area contributed by atoms with Crippen molar-refractivity contribution >= 4 is 18.0 Å². The van der Waals surface area contributed by atoms with Crippen LogP contribution < -0.4 is 0 Å². The van der Waals surface area contributed by atoms with Gasteiger partial charge in [0.1, 0.15) is 0 Å². The largest absolute Gasteiger partial charge is 0.466 e. The summed E-state index contributed by atoms with van der Waals surface area (Å²) in [5, 5.41) is 8.70. The number of ether oxygens (including phenoxy) is 2. The molecule has 2 fully saturated rings. The molecule has 1 aliphatic carbocycles. The number of benzene rings is 2. The normalized spacial score (nSPS) is 20.7. The quantitative estimate of drug-likeness (QED) is 0.109. The molecule has 2 aliphatic heterocycles. The molecule has 0 N–H and O–H groups in total. The van der Waals surface area contributed by atoms with Crippen LogP contribution in [-0.4, -0.2) is 83.2 Å². The lowest BCUT2D eigenvalue weighted by molar-refractivity contribution is -0.135. The standard InChI is InChI=1S/C25H32N4O2.C18H21NO2/c1-31-25(30)14-11-20-9-12-22(13-10-20)24-8-5-16-28(24)17-15-23-19-29(27-26-23)18-21-6-3-2-4-7-21;1-3-4-13-19-14-5-6-17(19)16-10-7-15(8-11-16)9-12-18(20)21-2/h2-4,6-7,9,11,14,19,22,24H,5,8,10,12-13,15-18H2,1H3;1,7-12,17H,4-6,13-14H2,2H3/b14-11+;12-9+. The number of aromatic nitrogens is 3. The van der Waals surface area contributed by atoms with Gasteiger partial charge < -0.3 is 9.47 Å². The van der Waals surface area contributed by atoms with Crippen LogP contribution in [0.15, 0.2) is 90.7 Å². The molecule has 3 heterocycles. The van der Waals surface area contributed by atoms with E-state index in [-0.39, 0.29) is 11.9 Å². The Hall–Kier alpha value is -4.78. The lowest BCUT2D eigenvalue weighted by Gasteiger charge is -2.33. The highest BCUT2D eigenvalue weighted by Gasteiger charge is 2.32. The fraction of sp³-hybridized carbons (Fsp3) is 0.442. The minimum absolute atomic E-state index is 0.286. The summed E-state index contributed by atoms with van der Waals surface area (Å²) in [6.45, 7) is 5.07. The molecule has 0 saturated carbocycles. The van der Waals surface area contributed by atoms with Crippen molar-refractivity contribution in [2.75, 3.05) is 40.4 Å². The molecule has 52 heavy (non-hydrogen) atoms. The zero-order valence-electron chi connectivity index (χ0n) is 30.7. The number of rotatable bonds is 13. The molecule has 1 aromatic heterocycles. The van der Waals surface area contributed by atoms with Crippen molar-refractivity contribution in [3.8, 4) is 12.3 Å². The summed E-state index contributed by atoms with van der Waals surface area (Å²) in [4.78, 5) is 27.5. The Balaban J connectivity index is 0.000000217. The number of likely N-dealkylation sites (tertiary alicyclic amines) is 2. The lowest BCUT2D eigenvalue weighted by Crippen LogP contribution is -2.37. The number of carbonyl (C=O) groups excluding carboxylic acids is 2. The van der Waals surface area contributed by atoms with Crippen LogP contribution in [0.25, 0.3) is 6.08 Å². The van der Waals surface area contributed by atoms with Crippen LogP contribution in [0.2, 0.25) is 0 Å². The molecule has 0 radical (unpaired) electrons. The zero-order chi connectivity index (χ0) is 36.5. The van der Waals surface area contributed by atoms with Gasteiger partial charge in [-0.1, -0.05) is 77.5 Å². The third kappa shape index (κ3) is 11.6. The molecule has 0 bridgehead atoms. The van der Waals surface area contributed by atoms with Gasteiger partial charge in [-0.3, -0.25) is 9.80 Å². The predicted octanol–water partition coefficient (Wildman–Crippen LogP) is 6.82. The van der Waals surface area contributed by atoms with Crippen molar-refractivity contribution in [1.29, 1.82) is 0 Å². The Labute approximate surface area is 309 Å². The number of nitrogens with zero attached hydrogens (tertiary/aromatic N) is 5. The van der Waals surface area contributed by atoms with Crippen molar-refractivity contribution in [1.82, 2.24) is 24.8 Å². The maximum atomic E-state index is 11.3. The Morgan fingerprint density at radius 1 is 0.904 bits per heavy atom. The first-order valence-corrected chi connectivity index (χ1v) is 18.6. The maximum Gasteiger partial charge on any atom is 0.330 e. The Morgan fingerprint density at radius 2 is 1.63 bits per heavy atom. The second kappa shape index (κ2) is 20.3. The average molecular weight is 704 g/mol. The topological polar surface area (TPSA) is 89.8 Å². The molecule has 3 aliphatic rings. The van der Waals surface area contributed by atoms with E-state index in [9.17, 15) is 9.59 Å². The Kier molecular flexibility index (Phi) is 15.0. The van der Waals surface area contributed by atoms with Crippen LogP contribution in [0.5, 0.6) is 0 Å².